The fourth-order valence-electron chi connectivity index (χ4n) is 11.1. The minimum atomic E-state index is -0.306. The predicted octanol–water partition coefficient (Wildman–Crippen LogP) is 17.2. The number of hydrogen-bond donors (Lipinski definition) is 0. The summed E-state index contributed by atoms with van der Waals surface area (Å²) in [6.45, 7) is 9.56. The first-order valence-electron chi connectivity index (χ1n) is 22.5. The summed E-state index contributed by atoms with van der Waals surface area (Å²) in [5.74, 6) is 0. The summed E-state index contributed by atoms with van der Waals surface area (Å²) in [6, 6.07) is 81.1. The molecule has 10 aromatic rings. The van der Waals surface area contributed by atoms with E-state index in [0.29, 0.717) is 0 Å². The second-order valence-electron chi connectivity index (χ2n) is 18.5. The summed E-state index contributed by atoms with van der Waals surface area (Å²) in [5, 5.41) is 4.88. The molecule has 0 aromatic heterocycles. The molecule has 1 aliphatic heterocycles. The fourth-order valence-corrected chi connectivity index (χ4v) is 11.1. The van der Waals surface area contributed by atoms with Crippen LogP contribution >= 0.6 is 0 Å². The van der Waals surface area contributed by atoms with Crippen LogP contribution in [-0.4, -0.2) is 0 Å². The molecule has 0 radical (unpaired) electrons. The normalized spacial score (nSPS) is 14.2. The number of para-hydroxylation sites is 1. The Morgan fingerprint density at radius 3 is 1.84 bits per heavy atom. The van der Waals surface area contributed by atoms with E-state index in [2.05, 4.69) is 256 Å². The molecule has 0 amide bonds. The Kier molecular flexibility index (Phi) is 8.58. The van der Waals surface area contributed by atoms with Gasteiger partial charge in [-0.2, -0.15) is 0 Å². The first-order chi connectivity index (χ1) is 31.3. The van der Waals surface area contributed by atoms with E-state index in [4.69, 9.17) is 0 Å². The standard InChI is InChI=1S/C62H48N2/c1-61(2)53-28-13-12-26-51(53)52-36-35-48(40-55(52)61)63(47-24-16-23-45(39-47)41-18-6-5-7-19-41)58-37-34-43-21-10-11-25-50(43)60(58)64-56-30-15-14-29-54(56)62(3,4)59-49(27-17-31-57(59)64)46-33-32-42-20-8-9-22-44(42)38-46/h5-40H,1-4H3. The lowest BCUT2D eigenvalue weighted by Gasteiger charge is -2.44. The summed E-state index contributed by atoms with van der Waals surface area (Å²) in [5.41, 5.74) is 19.2. The Labute approximate surface area is 376 Å². The van der Waals surface area contributed by atoms with Crippen molar-refractivity contribution in [3.8, 4) is 33.4 Å². The largest absolute Gasteiger partial charge is 0.308 e. The van der Waals surface area contributed by atoms with Crippen molar-refractivity contribution >= 4 is 55.7 Å². The highest BCUT2D eigenvalue weighted by Crippen LogP contribution is 2.59. The van der Waals surface area contributed by atoms with E-state index in [1.54, 1.807) is 0 Å². The third kappa shape index (κ3) is 5.79. The highest BCUT2D eigenvalue weighted by Gasteiger charge is 2.41. The summed E-state index contributed by atoms with van der Waals surface area (Å²) < 4.78 is 0. The van der Waals surface area contributed by atoms with E-state index in [-0.39, 0.29) is 10.8 Å². The third-order valence-electron chi connectivity index (χ3n) is 14.2. The number of fused-ring (bicyclic) bond motifs is 7. The average molecular weight is 821 g/mol. The number of benzene rings is 10. The molecule has 1 heterocycles. The van der Waals surface area contributed by atoms with Gasteiger partial charge in [0.15, 0.2) is 0 Å². The summed E-state index contributed by atoms with van der Waals surface area (Å²) in [7, 11) is 0. The Hall–Kier alpha value is -7.68. The molecule has 2 nitrogen and oxygen atoms in total. The van der Waals surface area contributed by atoms with Gasteiger partial charge in [-0.25, -0.2) is 0 Å². The molecule has 0 unspecified atom stereocenters. The summed E-state index contributed by atoms with van der Waals surface area (Å²) in [6.07, 6.45) is 0. The molecule has 0 bridgehead atoms. The van der Waals surface area contributed by atoms with Crippen molar-refractivity contribution < 1.29 is 0 Å². The van der Waals surface area contributed by atoms with Crippen LogP contribution in [-0.2, 0) is 10.8 Å². The second-order valence-corrected chi connectivity index (χ2v) is 18.5. The van der Waals surface area contributed by atoms with Gasteiger partial charge in [-0.15, -0.1) is 0 Å². The van der Waals surface area contributed by atoms with Crippen LogP contribution in [0.5, 0.6) is 0 Å². The van der Waals surface area contributed by atoms with Crippen LogP contribution < -0.4 is 9.80 Å². The zero-order chi connectivity index (χ0) is 43.2. The van der Waals surface area contributed by atoms with Crippen LogP contribution in [0.2, 0.25) is 0 Å². The first kappa shape index (κ1) is 38.0. The van der Waals surface area contributed by atoms with Crippen LogP contribution in [0.15, 0.2) is 218 Å². The Bertz CT molecular complexity index is 3470. The lowest BCUT2D eigenvalue weighted by molar-refractivity contribution is 0.634. The lowest BCUT2D eigenvalue weighted by atomic mass is 9.70. The molecule has 0 atom stereocenters. The summed E-state index contributed by atoms with van der Waals surface area (Å²) >= 11 is 0. The minimum absolute atomic E-state index is 0.165. The molecule has 0 fully saturated rings. The first-order valence-corrected chi connectivity index (χ1v) is 22.5. The fraction of sp³-hybridized carbons (Fsp3) is 0.0968. The van der Waals surface area contributed by atoms with Crippen LogP contribution in [0.3, 0.4) is 0 Å². The molecular formula is C62H48N2. The molecule has 2 heteroatoms. The maximum atomic E-state index is 2.58. The maximum absolute atomic E-state index is 2.58. The van der Waals surface area contributed by atoms with Gasteiger partial charge < -0.3 is 9.80 Å². The molecule has 0 N–H and O–H groups in total. The van der Waals surface area contributed by atoms with Gasteiger partial charge >= 0.3 is 0 Å². The van der Waals surface area contributed by atoms with E-state index in [0.717, 1.165) is 22.7 Å². The van der Waals surface area contributed by atoms with Crippen molar-refractivity contribution in [2.24, 2.45) is 0 Å². The smallest absolute Gasteiger partial charge is 0.0781 e. The zero-order valence-electron chi connectivity index (χ0n) is 36.7. The second kappa shape index (κ2) is 14.4. The van der Waals surface area contributed by atoms with Crippen molar-refractivity contribution in [1.82, 2.24) is 0 Å². The Morgan fingerprint density at radius 1 is 0.359 bits per heavy atom. The van der Waals surface area contributed by atoms with Gasteiger partial charge in [-0.1, -0.05) is 198 Å². The van der Waals surface area contributed by atoms with Gasteiger partial charge in [0, 0.05) is 27.6 Å². The molecule has 10 aromatic carbocycles. The van der Waals surface area contributed by atoms with Crippen LogP contribution in [0.4, 0.5) is 34.1 Å². The predicted molar refractivity (Wildman–Crippen MR) is 271 cm³/mol. The maximum Gasteiger partial charge on any atom is 0.0781 e. The number of anilines is 6. The Balaban J connectivity index is 1.16. The van der Waals surface area contributed by atoms with E-state index < -0.39 is 0 Å². The number of nitrogens with zero attached hydrogens (tertiary/aromatic N) is 2. The van der Waals surface area contributed by atoms with Crippen LogP contribution in [0, 0.1) is 0 Å². The monoisotopic (exact) mass is 820 g/mol. The molecule has 1 aliphatic carbocycles. The van der Waals surface area contributed by atoms with Gasteiger partial charge in [-0.3, -0.25) is 0 Å². The topological polar surface area (TPSA) is 6.48 Å². The van der Waals surface area contributed by atoms with E-state index >= 15 is 0 Å². The molecule has 64 heavy (non-hydrogen) atoms. The van der Waals surface area contributed by atoms with E-state index in [1.165, 1.54) is 88.6 Å². The molecule has 2 aliphatic rings. The van der Waals surface area contributed by atoms with Crippen molar-refractivity contribution in [2.45, 2.75) is 38.5 Å². The molecule has 12 rings (SSSR count). The highest BCUT2D eigenvalue weighted by atomic mass is 15.2. The van der Waals surface area contributed by atoms with Crippen LogP contribution in [0.25, 0.3) is 54.9 Å². The number of rotatable bonds is 6. The van der Waals surface area contributed by atoms with E-state index in [9.17, 15) is 0 Å². The lowest BCUT2D eigenvalue weighted by Crippen LogP contribution is -2.32. The molecule has 0 spiro atoms. The zero-order valence-corrected chi connectivity index (χ0v) is 36.7. The van der Waals surface area contributed by atoms with Gasteiger partial charge in [0.05, 0.1) is 22.7 Å². The van der Waals surface area contributed by atoms with Crippen molar-refractivity contribution in [1.29, 1.82) is 0 Å². The highest BCUT2D eigenvalue weighted by molar-refractivity contribution is 6.09. The van der Waals surface area contributed by atoms with Gasteiger partial charge in [-0.05, 0) is 120 Å². The average Bonchev–Trinajstić information content (AvgIpc) is 3.57. The van der Waals surface area contributed by atoms with Crippen molar-refractivity contribution in [2.75, 3.05) is 9.80 Å². The quantitative estimate of drug-likeness (QED) is 0.165. The van der Waals surface area contributed by atoms with Crippen molar-refractivity contribution in [3.05, 3.63) is 241 Å². The molecule has 0 saturated heterocycles. The van der Waals surface area contributed by atoms with Gasteiger partial charge in [0.25, 0.3) is 0 Å². The summed E-state index contributed by atoms with van der Waals surface area (Å²) in [4.78, 5) is 5.10. The van der Waals surface area contributed by atoms with Gasteiger partial charge in [0.1, 0.15) is 0 Å². The van der Waals surface area contributed by atoms with Gasteiger partial charge in [0.2, 0.25) is 0 Å². The van der Waals surface area contributed by atoms with E-state index in [1.807, 2.05) is 0 Å². The third-order valence-corrected chi connectivity index (χ3v) is 14.2. The molecule has 306 valence electrons. The Morgan fingerprint density at radius 2 is 0.984 bits per heavy atom. The SMILES string of the molecule is CC1(C)c2ccccc2-c2ccc(N(c3cccc(-c4ccccc4)c3)c3ccc4ccccc4c3N3c4ccccc4C(C)(C)c4c(-c5ccc6ccccc6c5)cccc43)cc21. The van der Waals surface area contributed by atoms with Crippen molar-refractivity contribution in [3.63, 3.8) is 0 Å². The molecular weight excluding hydrogens is 773 g/mol. The number of hydrogen-bond acceptors (Lipinski definition) is 2. The molecule has 0 saturated carbocycles. The minimum Gasteiger partial charge on any atom is -0.308 e. The van der Waals surface area contributed by atoms with Crippen LogP contribution in [0.1, 0.15) is 49.9 Å².